The normalized spacial score (nSPS) is 12.5. The third kappa shape index (κ3) is 3.88. The maximum atomic E-state index is 10.9. The van der Waals surface area contributed by atoms with E-state index in [9.17, 15) is 9.59 Å². The molecule has 6 heteroatoms. The Morgan fingerprint density at radius 1 is 1.64 bits per heavy atom. The quantitative estimate of drug-likeness (QED) is 0.384. The smallest absolute Gasteiger partial charge is 0.328 e. The van der Waals surface area contributed by atoms with Crippen LogP contribution in [0.5, 0.6) is 0 Å². The van der Waals surface area contributed by atoms with Crippen LogP contribution in [0.4, 0.5) is 0 Å². The molecule has 0 saturated heterocycles. The van der Waals surface area contributed by atoms with Gasteiger partial charge in [0.2, 0.25) is 0 Å². The number of carbonyl (C=O) groups excluding carboxylic acids is 1. The Morgan fingerprint density at radius 2 is 2.21 bits per heavy atom. The molecular weight excluding hydrogens is 188 g/mol. The lowest BCUT2D eigenvalue weighted by atomic mass is 10.2. The molecule has 0 aliphatic carbocycles. The summed E-state index contributed by atoms with van der Waals surface area (Å²) in [4.78, 5) is 21.6. The van der Waals surface area contributed by atoms with Crippen LogP contribution in [0.1, 0.15) is 13.3 Å². The Hall–Kier alpha value is -1.59. The molecule has 14 heavy (non-hydrogen) atoms. The van der Waals surface area contributed by atoms with Crippen LogP contribution >= 0.6 is 0 Å². The third-order valence-electron chi connectivity index (χ3n) is 1.62. The van der Waals surface area contributed by atoms with E-state index in [2.05, 4.69) is 9.84 Å². The van der Waals surface area contributed by atoms with Gasteiger partial charge in [-0.05, 0) is 6.92 Å². The monoisotopic (exact) mass is 202 g/mol. The number of likely N-dealkylation sites (N-methyl/N-ethyl adjacent to an activating group) is 1. The van der Waals surface area contributed by atoms with Crippen LogP contribution in [0.15, 0.2) is 5.10 Å². The maximum absolute atomic E-state index is 10.9. The topological polar surface area (TPSA) is 79.2 Å². The van der Waals surface area contributed by atoms with Gasteiger partial charge in [-0.15, -0.1) is 0 Å². The highest BCUT2D eigenvalue weighted by Gasteiger charge is 2.25. The molecular formula is C8H14N2O4. The largest absolute Gasteiger partial charge is 0.480 e. The van der Waals surface area contributed by atoms with Gasteiger partial charge in [-0.2, -0.15) is 5.10 Å². The van der Waals surface area contributed by atoms with Gasteiger partial charge in [0.1, 0.15) is 0 Å². The Morgan fingerprint density at radius 3 is 2.57 bits per heavy atom. The molecule has 0 aliphatic rings. The molecule has 0 aromatic carbocycles. The second kappa shape index (κ2) is 5.95. The van der Waals surface area contributed by atoms with Crippen LogP contribution in [0.25, 0.3) is 0 Å². The molecule has 0 heterocycles. The highest BCUT2D eigenvalue weighted by Crippen LogP contribution is 2.03. The average molecular weight is 202 g/mol. The van der Waals surface area contributed by atoms with Crippen molar-refractivity contribution >= 4 is 18.2 Å². The number of nitrogens with zero attached hydrogens (tertiary/aromatic N) is 2. The van der Waals surface area contributed by atoms with Crippen LogP contribution in [-0.2, 0) is 14.3 Å². The van der Waals surface area contributed by atoms with Crippen molar-refractivity contribution in [3.63, 3.8) is 0 Å². The lowest BCUT2D eigenvalue weighted by Gasteiger charge is -2.20. The second-order valence-corrected chi connectivity index (χ2v) is 2.58. The van der Waals surface area contributed by atoms with Gasteiger partial charge in [0.15, 0.2) is 6.04 Å². The average Bonchev–Trinajstić information content (AvgIpc) is 2.13. The zero-order valence-corrected chi connectivity index (χ0v) is 8.43. The molecule has 0 spiro atoms. The van der Waals surface area contributed by atoms with E-state index in [1.54, 1.807) is 6.92 Å². The first-order valence-corrected chi connectivity index (χ1v) is 4.04. The van der Waals surface area contributed by atoms with Crippen molar-refractivity contribution in [2.24, 2.45) is 5.10 Å². The van der Waals surface area contributed by atoms with Gasteiger partial charge in [-0.1, -0.05) is 0 Å². The van der Waals surface area contributed by atoms with E-state index in [0.717, 1.165) is 0 Å². The first kappa shape index (κ1) is 12.4. The fourth-order valence-corrected chi connectivity index (χ4v) is 0.883. The molecule has 1 atom stereocenters. The Kier molecular flexibility index (Phi) is 5.28. The van der Waals surface area contributed by atoms with Crippen molar-refractivity contribution in [3.8, 4) is 0 Å². The first-order chi connectivity index (χ1) is 6.52. The summed E-state index contributed by atoms with van der Waals surface area (Å²) >= 11 is 0. The maximum Gasteiger partial charge on any atom is 0.328 e. The van der Waals surface area contributed by atoms with Crippen LogP contribution in [0.2, 0.25) is 0 Å². The van der Waals surface area contributed by atoms with Crippen molar-refractivity contribution in [3.05, 3.63) is 0 Å². The number of carboxylic acid groups (broad SMARTS) is 1. The van der Waals surface area contributed by atoms with E-state index in [0.29, 0.717) is 0 Å². The van der Waals surface area contributed by atoms with Gasteiger partial charge in [0, 0.05) is 13.3 Å². The molecule has 0 aliphatic heterocycles. The number of carboxylic acids is 1. The number of aliphatic carboxylic acids is 1. The summed E-state index contributed by atoms with van der Waals surface area (Å²) in [6.07, 6.45) is 1.23. The van der Waals surface area contributed by atoms with Gasteiger partial charge >= 0.3 is 11.9 Å². The van der Waals surface area contributed by atoms with E-state index in [-0.39, 0.29) is 6.42 Å². The molecule has 0 aromatic heterocycles. The Bertz CT molecular complexity index is 239. The standard InChI is InChI=1S/C8H14N2O4/c1-4-9-10(2)6(8(12)13)5-7(11)14-3/h4,6H,5H2,1-3H3,(H,12,13)/b9-4+. The van der Waals surface area contributed by atoms with Crippen molar-refractivity contribution in [1.29, 1.82) is 0 Å². The van der Waals surface area contributed by atoms with E-state index >= 15 is 0 Å². The summed E-state index contributed by atoms with van der Waals surface area (Å²) in [5.74, 6) is -1.68. The molecule has 0 radical (unpaired) electrons. The summed E-state index contributed by atoms with van der Waals surface area (Å²) in [6.45, 7) is 1.66. The van der Waals surface area contributed by atoms with E-state index in [1.165, 1.54) is 25.4 Å². The second-order valence-electron chi connectivity index (χ2n) is 2.58. The van der Waals surface area contributed by atoms with Crippen LogP contribution in [-0.4, -0.2) is 48.5 Å². The summed E-state index contributed by atoms with van der Waals surface area (Å²) in [5, 5.41) is 13.8. The summed E-state index contributed by atoms with van der Waals surface area (Å²) in [5.41, 5.74) is 0. The molecule has 0 saturated carbocycles. The molecule has 1 N–H and O–H groups in total. The summed E-state index contributed by atoms with van der Waals surface area (Å²) in [6, 6.07) is -0.987. The highest BCUT2D eigenvalue weighted by atomic mass is 16.5. The molecule has 0 aromatic rings. The van der Waals surface area contributed by atoms with Crippen LogP contribution < -0.4 is 0 Å². The zero-order chi connectivity index (χ0) is 11.1. The molecule has 0 bridgehead atoms. The minimum absolute atomic E-state index is 0.223. The van der Waals surface area contributed by atoms with Crippen molar-refractivity contribution < 1.29 is 19.4 Å². The molecule has 0 amide bonds. The van der Waals surface area contributed by atoms with Gasteiger partial charge in [-0.3, -0.25) is 9.80 Å². The number of rotatable bonds is 5. The summed E-state index contributed by atoms with van der Waals surface area (Å²) < 4.78 is 4.38. The highest BCUT2D eigenvalue weighted by molar-refractivity contribution is 5.81. The molecule has 6 nitrogen and oxygen atoms in total. The van der Waals surface area contributed by atoms with Gasteiger partial charge < -0.3 is 9.84 Å². The number of hydrogen-bond acceptors (Lipinski definition) is 5. The summed E-state index contributed by atoms with van der Waals surface area (Å²) in [7, 11) is 2.70. The van der Waals surface area contributed by atoms with E-state index in [4.69, 9.17) is 5.11 Å². The van der Waals surface area contributed by atoms with Crippen molar-refractivity contribution in [1.82, 2.24) is 5.01 Å². The Balaban J connectivity index is 4.44. The van der Waals surface area contributed by atoms with E-state index < -0.39 is 18.0 Å². The minimum Gasteiger partial charge on any atom is -0.480 e. The number of methoxy groups -OCH3 is 1. The number of esters is 1. The lowest BCUT2D eigenvalue weighted by molar-refractivity contribution is -0.150. The third-order valence-corrected chi connectivity index (χ3v) is 1.62. The van der Waals surface area contributed by atoms with Crippen LogP contribution in [0, 0.1) is 0 Å². The predicted molar refractivity (Wildman–Crippen MR) is 50.0 cm³/mol. The predicted octanol–water partition coefficient (Wildman–Crippen LogP) is -0.0598. The van der Waals surface area contributed by atoms with Crippen molar-refractivity contribution in [2.45, 2.75) is 19.4 Å². The van der Waals surface area contributed by atoms with Gasteiger partial charge in [-0.25, -0.2) is 4.79 Å². The zero-order valence-electron chi connectivity index (χ0n) is 8.43. The lowest BCUT2D eigenvalue weighted by Crippen LogP contribution is -2.37. The number of hydrogen-bond donors (Lipinski definition) is 1. The fraction of sp³-hybridized carbons (Fsp3) is 0.625. The number of hydrazone groups is 1. The molecule has 0 fully saturated rings. The molecule has 1 unspecified atom stereocenters. The number of ether oxygens (including phenoxy) is 1. The van der Waals surface area contributed by atoms with Gasteiger partial charge in [0.05, 0.1) is 13.5 Å². The van der Waals surface area contributed by atoms with E-state index in [1.807, 2.05) is 0 Å². The molecule has 0 rings (SSSR count). The first-order valence-electron chi connectivity index (χ1n) is 4.04. The number of carbonyl (C=O) groups is 2. The van der Waals surface area contributed by atoms with Crippen LogP contribution in [0.3, 0.4) is 0 Å². The minimum atomic E-state index is -1.11. The van der Waals surface area contributed by atoms with Crippen molar-refractivity contribution in [2.75, 3.05) is 14.2 Å². The fourth-order valence-electron chi connectivity index (χ4n) is 0.883. The van der Waals surface area contributed by atoms with Gasteiger partial charge in [0.25, 0.3) is 0 Å². The SMILES string of the molecule is C/C=N/N(C)C(CC(=O)OC)C(=O)O. The molecule has 80 valence electrons. The Labute approximate surface area is 82.1 Å².